The number of nitrogens with two attached hydrogens (primary N) is 1. The fraction of sp³-hybridized carbons (Fsp3) is 0.500. The zero-order valence-corrected chi connectivity index (χ0v) is 8.97. The molecule has 5 heteroatoms. The maximum absolute atomic E-state index is 11.6. The Balaban J connectivity index is 2.57. The summed E-state index contributed by atoms with van der Waals surface area (Å²) in [6, 6.07) is 0.0442. The van der Waals surface area contributed by atoms with E-state index in [-0.39, 0.29) is 17.9 Å². The smallest absolute Gasteiger partial charge is 0.254 e. The Morgan fingerprint density at radius 1 is 1.47 bits per heavy atom. The van der Waals surface area contributed by atoms with E-state index in [4.69, 9.17) is 5.73 Å². The average molecular weight is 208 g/mol. The normalized spacial score (nSPS) is 14.3. The lowest BCUT2D eigenvalue weighted by Gasteiger charge is -2.19. The van der Waals surface area contributed by atoms with Gasteiger partial charge >= 0.3 is 0 Å². The Labute approximate surface area is 89.1 Å². The van der Waals surface area contributed by atoms with E-state index < -0.39 is 0 Å². The molecule has 1 aromatic heterocycles. The highest BCUT2D eigenvalue weighted by Gasteiger charge is 2.14. The van der Waals surface area contributed by atoms with Crippen molar-refractivity contribution in [2.24, 2.45) is 11.7 Å². The first-order valence-electron chi connectivity index (χ1n) is 4.91. The van der Waals surface area contributed by atoms with Crippen LogP contribution < -0.4 is 11.1 Å². The summed E-state index contributed by atoms with van der Waals surface area (Å²) in [6.45, 7) is 4.47. The molecule has 0 saturated carbocycles. The van der Waals surface area contributed by atoms with Crippen molar-refractivity contribution in [2.75, 3.05) is 6.54 Å². The molecule has 0 aromatic carbocycles. The molecule has 0 bridgehead atoms. The van der Waals surface area contributed by atoms with Crippen LogP contribution in [0.2, 0.25) is 0 Å². The topological polar surface area (TPSA) is 80.9 Å². The molecule has 5 nitrogen and oxygen atoms in total. The lowest BCUT2D eigenvalue weighted by atomic mass is 10.0. The monoisotopic (exact) mass is 208 g/mol. The number of aromatic nitrogens is 2. The lowest BCUT2D eigenvalue weighted by Crippen LogP contribution is -2.39. The highest BCUT2D eigenvalue weighted by Crippen LogP contribution is 2.01. The van der Waals surface area contributed by atoms with Gasteiger partial charge < -0.3 is 11.1 Å². The van der Waals surface area contributed by atoms with Crippen LogP contribution in [0.1, 0.15) is 24.2 Å². The molecule has 0 saturated heterocycles. The Bertz CT molecular complexity index is 314. The van der Waals surface area contributed by atoms with E-state index in [1.807, 2.05) is 13.8 Å². The molecule has 1 amide bonds. The van der Waals surface area contributed by atoms with Gasteiger partial charge in [-0.1, -0.05) is 6.92 Å². The van der Waals surface area contributed by atoms with Gasteiger partial charge in [0.15, 0.2) is 0 Å². The number of carbonyl (C=O) groups excluding carboxylic acids is 1. The Kier molecular flexibility index (Phi) is 4.17. The van der Waals surface area contributed by atoms with Crippen molar-refractivity contribution in [3.63, 3.8) is 0 Å². The maximum Gasteiger partial charge on any atom is 0.254 e. The fourth-order valence-electron chi connectivity index (χ4n) is 1.05. The van der Waals surface area contributed by atoms with E-state index in [2.05, 4.69) is 15.3 Å². The number of hydrogen-bond acceptors (Lipinski definition) is 4. The minimum absolute atomic E-state index is 0.0442. The largest absolute Gasteiger partial charge is 0.349 e. The van der Waals surface area contributed by atoms with Crippen LogP contribution in [0.25, 0.3) is 0 Å². The number of rotatable bonds is 4. The molecule has 3 N–H and O–H groups in total. The van der Waals surface area contributed by atoms with Gasteiger partial charge in [-0.15, -0.1) is 0 Å². The summed E-state index contributed by atoms with van der Waals surface area (Å²) in [5.41, 5.74) is 5.98. The second kappa shape index (κ2) is 5.41. The summed E-state index contributed by atoms with van der Waals surface area (Å²) in [6.07, 6.45) is 4.37. The van der Waals surface area contributed by atoms with Crippen molar-refractivity contribution in [2.45, 2.75) is 19.9 Å². The molecule has 1 heterocycles. The highest BCUT2D eigenvalue weighted by molar-refractivity contribution is 5.93. The van der Waals surface area contributed by atoms with Crippen molar-refractivity contribution in [1.82, 2.24) is 15.3 Å². The van der Waals surface area contributed by atoms with Gasteiger partial charge in [0.05, 0.1) is 5.56 Å². The van der Waals surface area contributed by atoms with Gasteiger partial charge in [-0.05, 0) is 19.4 Å². The van der Waals surface area contributed by atoms with Gasteiger partial charge in [-0.25, -0.2) is 9.97 Å². The molecular weight excluding hydrogens is 192 g/mol. The van der Waals surface area contributed by atoms with Crippen molar-refractivity contribution in [3.8, 4) is 0 Å². The molecule has 2 unspecified atom stereocenters. The van der Waals surface area contributed by atoms with Crippen molar-refractivity contribution < 1.29 is 4.79 Å². The predicted octanol–water partition coefficient (Wildman–Crippen LogP) is 0.190. The van der Waals surface area contributed by atoms with E-state index in [0.29, 0.717) is 12.1 Å². The van der Waals surface area contributed by atoms with Crippen LogP contribution in [0.15, 0.2) is 18.7 Å². The fourth-order valence-corrected chi connectivity index (χ4v) is 1.05. The molecule has 2 atom stereocenters. The summed E-state index contributed by atoms with van der Waals surface area (Å²) in [5, 5.41) is 2.85. The number of nitrogens with one attached hydrogen (secondary N) is 1. The second-order valence-corrected chi connectivity index (χ2v) is 3.60. The Hall–Kier alpha value is -1.49. The molecule has 0 spiro atoms. The average Bonchev–Trinajstić information content (AvgIpc) is 2.29. The quantitative estimate of drug-likeness (QED) is 0.740. The summed E-state index contributed by atoms with van der Waals surface area (Å²) < 4.78 is 0. The first-order valence-corrected chi connectivity index (χ1v) is 4.91. The molecule has 0 aliphatic heterocycles. The van der Waals surface area contributed by atoms with Gasteiger partial charge in [0.1, 0.15) is 6.33 Å². The molecule has 0 fully saturated rings. The third-order valence-corrected chi connectivity index (χ3v) is 2.41. The van der Waals surface area contributed by atoms with Crippen LogP contribution in [0.4, 0.5) is 0 Å². The number of nitrogens with zero attached hydrogens (tertiary/aromatic N) is 2. The number of amides is 1. The second-order valence-electron chi connectivity index (χ2n) is 3.60. The minimum atomic E-state index is -0.164. The summed E-state index contributed by atoms with van der Waals surface area (Å²) in [5.74, 6) is 0.0852. The third-order valence-electron chi connectivity index (χ3n) is 2.41. The first-order chi connectivity index (χ1) is 7.15. The van der Waals surface area contributed by atoms with E-state index in [1.165, 1.54) is 18.7 Å². The van der Waals surface area contributed by atoms with E-state index in [0.717, 1.165) is 0 Å². The number of hydrogen-bond donors (Lipinski definition) is 2. The van der Waals surface area contributed by atoms with Crippen molar-refractivity contribution in [1.29, 1.82) is 0 Å². The van der Waals surface area contributed by atoms with Gasteiger partial charge in [0, 0.05) is 18.4 Å². The van der Waals surface area contributed by atoms with Gasteiger partial charge in [0.25, 0.3) is 5.91 Å². The van der Waals surface area contributed by atoms with Crippen LogP contribution in [-0.4, -0.2) is 28.5 Å². The van der Waals surface area contributed by atoms with E-state index >= 15 is 0 Å². The number of carbonyl (C=O) groups is 1. The first kappa shape index (κ1) is 11.6. The maximum atomic E-state index is 11.6. The molecule has 1 rings (SSSR count). The predicted molar refractivity (Wildman–Crippen MR) is 57.2 cm³/mol. The lowest BCUT2D eigenvalue weighted by molar-refractivity contribution is 0.0929. The molecule has 0 radical (unpaired) electrons. The SMILES string of the molecule is CC(CN)C(C)NC(=O)c1cncnc1. The van der Waals surface area contributed by atoms with Crippen molar-refractivity contribution >= 4 is 5.91 Å². The van der Waals surface area contributed by atoms with E-state index in [1.54, 1.807) is 0 Å². The highest BCUT2D eigenvalue weighted by atomic mass is 16.1. The zero-order valence-electron chi connectivity index (χ0n) is 8.97. The summed E-state index contributed by atoms with van der Waals surface area (Å²) in [7, 11) is 0. The molecule has 0 aliphatic carbocycles. The van der Waals surface area contributed by atoms with Gasteiger partial charge in [0.2, 0.25) is 0 Å². The summed E-state index contributed by atoms with van der Waals surface area (Å²) in [4.78, 5) is 19.2. The van der Waals surface area contributed by atoms with Crippen LogP contribution in [0.3, 0.4) is 0 Å². The van der Waals surface area contributed by atoms with Crippen LogP contribution >= 0.6 is 0 Å². The van der Waals surface area contributed by atoms with Crippen LogP contribution in [0.5, 0.6) is 0 Å². The molecule has 82 valence electrons. The molecule has 1 aromatic rings. The Morgan fingerprint density at radius 3 is 2.60 bits per heavy atom. The minimum Gasteiger partial charge on any atom is -0.349 e. The Morgan fingerprint density at radius 2 is 2.07 bits per heavy atom. The van der Waals surface area contributed by atoms with Crippen LogP contribution in [0, 0.1) is 5.92 Å². The molecule has 15 heavy (non-hydrogen) atoms. The molecule has 0 aliphatic rings. The van der Waals surface area contributed by atoms with E-state index in [9.17, 15) is 4.79 Å². The standard InChI is InChI=1S/C10H16N4O/c1-7(3-11)8(2)14-10(15)9-4-12-6-13-5-9/h4-8H,3,11H2,1-2H3,(H,14,15). The summed E-state index contributed by atoms with van der Waals surface area (Å²) >= 11 is 0. The zero-order chi connectivity index (χ0) is 11.3. The van der Waals surface area contributed by atoms with Crippen molar-refractivity contribution in [3.05, 3.63) is 24.3 Å². The molecular formula is C10H16N4O. The third kappa shape index (κ3) is 3.28. The van der Waals surface area contributed by atoms with Gasteiger partial charge in [-0.3, -0.25) is 4.79 Å². The van der Waals surface area contributed by atoms with Crippen LogP contribution in [-0.2, 0) is 0 Å². The van der Waals surface area contributed by atoms with Gasteiger partial charge in [-0.2, -0.15) is 0 Å².